The van der Waals surface area contributed by atoms with E-state index in [-0.39, 0.29) is 0 Å². The molecular formula is C3H4NO2+. The molecule has 0 saturated heterocycles. The van der Waals surface area contributed by atoms with Crippen molar-refractivity contribution in [3.8, 4) is 0 Å². The third-order valence-electron chi connectivity index (χ3n) is 0.461. The van der Waals surface area contributed by atoms with Gasteiger partial charge in [-0.15, -0.1) is 0 Å². The van der Waals surface area contributed by atoms with Crippen molar-refractivity contribution in [2.45, 2.75) is 0 Å². The molecule has 0 radical (unpaired) electrons. The number of aromatic nitrogens is 1. The van der Waals surface area contributed by atoms with E-state index < -0.39 is 0 Å². The molecule has 1 rings (SSSR count). The van der Waals surface area contributed by atoms with Crippen LogP contribution in [0.4, 0.5) is 0 Å². The summed E-state index contributed by atoms with van der Waals surface area (Å²) in [6.45, 7) is 0. The minimum absolute atomic E-state index is 0.833. The third kappa shape index (κ3) is 0.337. The molecule has 0 spiro atoms. The van der Waals surface area contributed by atoms with Gasteiger partial charge in [0.2, 0.25) is 0 Å². The van der Waals surface area contributed by atoms with Gasteiger partial charge in [-0.3, -0.25) is 5.21 Å². The summed E-state index contributed by atoms with van der Waals surface area (Å²) in [7, 11) is 0. The van der Waals surface area contributed by atoms with E-state index in [1.54, 1.807) is 0 Å². The molecule has 0 atom stereocenters. The largest absolute Gasteiger partial charge is 0.409 e. The normalized spacial score (nSPS) is 8.67. The molecule has 6 heavy (non-hydrogen) atoms. The number of hydrogen-bond donors (Lipinski definition) is 1. The molecule has 0 fully saturated rings. The predicted octanol–water partition coefficient (Wildman–Crippen LogP) is -0.196. The van der Waals surface area contributed by atoms with E-state index in [1.165, 1.54) is 18.9 Å². The second-order valence-corrected chi connectivity index (χ2v) is 0.907. The van der Waals surface area contributed by atoms with Gasteiger partial charge in [-0.1, -0.05) is 0 Å². The lowest BCUT2D eigenvalue weighted by molar-refractivity contribution is -0.906. The zero-order valence-corrected chi connectivity index (χ0v) is 3.03. The van der Waals surface area contributed by atoms with Crippen molar-refractivity contribution in [2.24, 2.45) is 0 Å². The van der Waals surface area contributed by atoms with Gasteiger partial charge in [0.1, 0.15) is 0 Å². The Hall–Kier alpha value is -0.990. The van der Waals surface area contributed by atoms with Gasteiger partial charge in [-0.25, -0.2) is 0 Å². The van der Waals surface area contributed by atoms with Gasteiger partial charge < -0.3 is 4.42 Å². The van der Waals surface area contributed by atoms with Crippen LogP contribution in [-0.4, -0.2) is 5.21 Å². The molecular weight excluding hydrogens is 82.0 g/mol. The fraction of sp³-hybridized carbons (Fsp3) is 0. The fourth-order valence-corrected chi connectivity index (χ4v) is 0.230. The molecule has 0 aliphatic rings. The quantitative estimate of drug-likeness (QED) is 0.351. The molecule has 1 aromatic rings. The number of hydrogen-bond acceptors (Lipinski definition) is 2. The number of oxazole rings is 1. The van der Waals surface area contributed by atoms with Gasteiger partial charge in [0.25, 0.3) is 6.20 Å². The minimum Gasteiger partial charge on any atom is -0.409 e. The zero-order valence-electron chi connectivity index (χ0n) is 3.03. The fourth-order valence-electron chi connectivity index (χ4n) is 0.230. The van der Waals surface area contributed by atoms with E-state index in [9.17, 15) is 0 Å². The van der Waals surface area contributed by atoms with Crippen molar-refractivity contribution in [3.63, 3.8) is 0 Å². The van der Waals surface area contributed by atoms with Crippen molar-refractivity contribution in [1.29, 1.82) is 0 Å². The second-order valence-electron chi connectivity index (χ2n) is 0.907. The smallest absolute Gasteiger partial charge is 0.384 e. The Labute approximate surface area is 34.4 Å². The molecule has 0 saturated carbocycles. The standard InChI is InChI=1S/C3H4NO2/c5-4-1-2-6-3-4/h1-3,5H/q+1. The van der Waals surface area contributed by atoms with E-state index in [0.717, 1.165) is 4.73 Å². The Bertz CT molecular complexity index is 112. The van der Waals surface area contributed by atoms with E-state index in [1.807, 2.05) is 0 Å². The van der Waals surface area contributed by atoms with Gasteiger partial charge in [0.15, 0.2) is 6.26 Å². The maximum absolute atomic E-state index is 8.30. The summed E-state index contributed by atoms with van der Waals surface area (Å²) in [4.78, 5) is 0. The van der Waals surface area contributed by atoms with Crippen molar-refractivity contribution in [2.75, 3.05) is 0 Å². The SMILES string of the molecule is O[n+]1ccoc1. The number of rotatable bonds is 0. The summed E-state index contributed by atoms with van der Waals surface area (Å²) in [5.74, 6) is 0. The lowest BCUT2D eigenvalue weighted by atomic mass is 11.0. The first-order valence-electron chi connectivity index (χ1n) is 1.52. The van der Waals surface area contributed by atoms with Crippen LogP contribution in [-0.2, 0) is 0 Å². The lowest BCUT2D eigenvalue weighted by Gasteiger charge is -1.57. The highest BCUT2D eigenvalue weighted by atomic mass is 16.5. The van der Waals surface area contributed by atoms with Crippen molar-refractivity contribution in [1.82, 2.24) is 0 Å². The summed E-state index contributed by atoms with van der Waals surface area (Å²) in [5.41, 5.74) is 0. The highest BCUT2D eigenvalue weighted by molar-refractivity contribution is 4.44. The molecule has 1 N–H and O–H groups in total. The average molecular weight is 86.1 g/mol. The summed E-state index contributed by atoms with van der Waals surface area (Å²) in [6, 6.07) is 0. The lowest BCUT2D eigenvalue weighted by Crippen LogP contribution is -2.24. The molecule has 3 heteroatoms. The molecule has 32 valence electrons. The molecule has 1 aromatic heterocycles. The van der Waals surface area contributed by atoms with E-state index in [4.69, 9.17) is 5.21 Å². The Kier molecular flexibility index (Phi) is 0.538. The predicted molar refractivity (Wildman–Crippen MR) is 16.1 cm³/mol. The van der Waals surface area contributed by atoms with Crippen molar-refractivity contribution >= 4 is 0 Å². The summed E-state index contributed by atoms with van der Waals surface area (Å²) in [6.07, 6.45) is 3.94. The van der Waals surface area contributed by atoms with Crippen LogP contribution in [0.2, 0.25) is 0 Å². The first-order valence-corrected chi connectivity index (χ1v) is 1.52. The van der Waals surface area contributed by atoms with Crippen molar-refractivity contribution < 1.29 is 14.4 Å². The molecule has 0 amide bonds. The first-order chi connectivity index (χ1) is 2.89. The first kappa shape index (κ1) is 3.21. The highest BCUT2D eigenvalue weighted by Gasteiger charge is 1.88. The Morgan fingerprint density at radius 1 is 1.67 bits per heavy atom. The van der Waals surface area contributed by atoms with Gasteiger partial charge in [0.05, 0.1) is 0 Å². The van der Waals surface area contributed by atoms with Gasteiger partial charge in [-0.2, -0.15) is 0 Å². The topological polar surface area (TPSA) is 37.2 Å². The molecule has 1 heterocycles. The maximum Gasteiger partial charge on any atom is 0.384 e. The maximum atomic E-state index is 8.30. The van der Waals surface area contributed by atoms with Gasteiger partial charge in [-0.05, 0) is 0 Å². The van der Waals surface area contributed by atoms with Gasteiger partial charge in [0, 0.05) is 4.73 Å². The number of nitrogens with zero attached hydrogens (tertiary/aromatic N) is 1. The third-order valence-corrected chi connectivity index (χ3v) is 0.461. The Morgan fingerprint density at radius 2 is 2.50 bits per heavy atom. The minimum atomic E-state index is 0.833. The van der Waals surface area contributed by atoms with Crippen LogP contribution >= 0.6 is 0 Å². The van der Waals surface area contributed by atoms with Crippen LogP contribution in [0.25, 0.3) is 0 Å². The molecule has 0 aliphatic carbocycles. The molecule has 0 aliphatic heterocycles. The summed E-state index contributed by atoms with van der Waals surface area (Å²) < 4.78 is 5.26. The van der Waals surface area contributed by atoms with Crippen LogP contribution in [0.5, 0.6) is 0 Å². The van der Waals surface area contributed by atoms with Gasteiger partial charge >= 0.3 is 6.39 Å². The van der Waals surface area contributed by atoms with E-state index in [2.05, 4.69) is 4.42 Å². The molecule has 3 nitrogen and oxygen atoms in total. The van der Waals surface area contributed by atoms with Crippen LogP contribution in [0, 0.1) is 0 Å². The Morgan fingerprint density at radius 3 is 2.67 bits per heavy atom. The van der Waals surface area contributed by atoms with Crippen LogP contribution in [0.15, 0.2) is 23.3 Å². The second kappa shape index (κ2) is 1.01. The monoisotopic (exact) mass is 86.0 g/mol. The highest BCUT2D eigenvalue weighted by Crippen LogP contribution is 1.68. The Balaban J connectivity index is 3.05. The van der Waals surface area contributed by atoms with Crippen LogP contribution in [0.1, 0.15) is 0 Å². The van der Waals surface area contributed by atoms with E-state index in [0.29, 0.717) is 0 Å². The van der Waals surface area contributed by atoms with Crippen LogP contribution in [0.3, 0.4) is 0 Å². The average Bonchev–Trinajstić information content (AvgIpc) is 1.86. The van der Waals surface area contributed by atoms with Crippen molar-refractivity contribution in [3.05, 3.63) is 18.9 Å². The summed E-state index contributed by atoms with van der Waals surface area (Å²) >= 11 is 0. The van der Waals surface area contributed by atoms with E-state index >= 15 is 0 Å². The zero-order chi connectivity index (χ0) is 4.41. The molecule has 0 bridgehead atoms. The van der Waals surface area contributed by atoms with Crippen LogP contribution < -0.4 is 4.73 Å². The summed E-state index contributed by atoms with van der Waals surface area (Å²) in [5, 5.41) is 8.30. The molecule has 0 aromatic carbocycles. The molecule has 0 unspecified atom stereocenters.